The Kier molecular flexibility index (Phi) is 2.95. The van der Waals surface area contributed by atoms with Crippen LogP contribution >= 0.6 is 24.0 Å². The number of furan rings is 1. The predicted octanol–water partition coefficient (Wildman–Crippen LogP) is 2.99. The first-order valence-electron chi connectivity index (χ1n) is 3.29. The Hall–Kier alpha value is -0.730. The van der Waals surface area contributed by atoms with Crippen LogP contribution in [0.3, 0.4) is 0 Å². The molecule has 0 saturated carbocycles. The fourth-order valence-electron chi connectivity index (χ4n) is 0.991. The first kappa shape index (κ1) is 9.36. The van der Waals surface area contributed by atoms with Crippen LogP contribution in [0.25, 0.3) is 11.1 Å². The highest BCUT2D eigenvalue weighted by atomic mass is 35.5. The second-order valence-corrected chi connectivity index (χ2v) is 2.51. The van der Waals surface area contributed by atoms with Crippen molar-refractivity contribution in [2.75, 3.05) is 0 Å². The SMILES string of the molecule is Cl.ClCc1cc2cccnc2o1. The van der Waals surface area contributed by atoms with Crippen LogP contribution in [0, 0.1) is 0 Å². The molecule has 2 aromatic heterocycles. The van der Waals surface area contributed by atoms with Gasteiger partial charge in [0.2, 0.25) is 5.71 Å². The molecule has 2 rings (SSSR count). The van der Waals surface area contributed by atoms with Crippen LogP contribution in [0.2, 0.25) is 0 Å². The monoisotopic (exact) mass is 203 g/mol. The number of alkyl halides is 1. The van der Waals surface area contributed by atoms with E-state index < -0.39 is 0 Å². The molecule has 0 N–H and O–H groups in total. The van der Waals surface area contributed by atoms with Gasteiger partial charge in [-0.15, -0.1) is 24.0 Å². The number of hydrogen-bond acceptors (Lipinski definition) is 2. The van der Waals surface area contributed by atoms with Crippen molar-refractivity contribution in [3.8, 4) is 0 Å². The number of rotatable bonds is 1. The average Bonchev–Trinajstić information content (AvgIpc) is 2.46. The highest BCUT2D eigenvalue weighted by Crippen LogP contribution is 2.17. The summed E-state index contributed by atoms with van der Waals surface area (Å²) in [5, 5.41) is 1.00. The smallest absolute Gasteiger partial charge is 0.226 e. The van der Waals surface area contributed by atoms with E-state index in [1.807, 2.05) is 18.2 Å². The van der Waals surface area contributed by atoms with Crippen LogP contribution < -0.4 is 0 Å². The summed E-state index contributed by atoms with van der Waals surface area (Å²) in [6, 6.07) is 5.72. The van der Waals surface area contributed by atoms with Gasteiger partial charge in [0, 0.05) is 11.6 Å². The zero-order valence-electron chi connectivity index (χ0n) is 6.16. The largest absolute Gasteiger partial charge is 0.442 e. The zero-order chi connectivity index (χ0) is 7.68. The molecular formula is C8H7Cl2NO. The summed E-state index contributed by atoms with van der Waals surface area (Å²) in [7, 11) is 0. The number of pyridine rings is 1. The number of hydrogen-bond donors (Lipinski definition) is 0. The molecule has 0 spiro atoms. The van der Waals surface area contributed by atoms with E-state index in [4.69, 9.17) is 16.0 Å². The van der Waals surface area contributed by atoms with E-state index in [2.05, 4.69) is 4.98 Å². The molecule has 4 heteroatoms. The summed E-state index contributed by atoms with van der Waals surface area (Å²) in [6.45, 7) is 0. The first-order valence-corrected chi connectivity index (χ1v) is 3.83. The highest BCUT2D eigenvalue weighted by molar-refractivity contribution is 6.16. The molecule has 0 saturated heterocycles. The number of halogens is 2. The van der Waals surface area contributed by atoms with E-state index in [0.717, 1.165) is 11.1 Å². The maximum absolute atomic E-state index is 5.58. The number of fused-ring (bicyclic) bond motifs is 1. The Morgan fingerprint density at radius 2 is 2.33 bits per heavy atom. The lowest BCUT2D eigenvalue weighted by Gasteiger charge is -1.82. The topological polar surface area (TPSA) is 26.0 Å². The van der Waals surface area contributed by atoms with Gasteiger partial charge in [-0.25, -0.2) is 4.98 Å². The van der Waals surface area contributed by atoms with Gasteiger partial charge in [-0.1, -0.05) is 0 Å². The van der Waals surface area contributed by atoms with Crippen LogP contribution in [0.15, 0.2) is 28.8 Å². The van der Waals surface area contributed by atoms with E-state index >= 15 is 0 Å². The third-order valence-electron chi connectivity index (χ3n) is 1.48. The Morgan fingerprint density at radius 1 is 1.50 bits per heavy atom. The van der Waals surface area contributed by atoms with Crippen molar-refractivity contribution in [2.24, 2.45) is 0 Å². The van der Waals surface area contributed by atoms with Crippen molar-refractivity contribution in [1.82, 2.24) is 4.98 Å². The molecule has 12 heavy (non-hydrogen) atoms. The van der Waals surface area contributed by atoms with Crippen molar-refractivity contribution < 1.29 is 4.42 Å². The summed E-state index contributed by atoms with van der Waals surface area (Å²) in [5.41, 5.74) is 0.656. The Bertz CT molecular complexity index is 339. The summed E-state index contributed by atoms with van der Waals surface area (Å²) in [5.74, 6) is 1.16. The van der Waals surface area contributed by atoms with Crippen LogP contribution in [0.4, 0.5) is 0 Å². The molecule has 0 radical (unpaired) electrons. The minimum absolute atomic E-state index is 0. The third-order valence-corrected chi connectivity index (χ3v) is 1.74. The van der Waals surface area contributed by atoms with E-state index in [1.54, 1.807) is 6.20 Å². The molecule has 2 aromatic rings. The van der Waals surface area contributed by atoms with Crippen LogP contribution in [-0.2, 0) is 5.88 Å². The minimum Gasteiger partial charge on any atom is -0.442 e. The van der Waals surface area contributed by atoms with Gasteiger partial charge in [0.05, 0.1) is 5.88 Å². The van der Waals surface area contributed by atoms with Crippen molar-refractivity contribution in [3.05, 3.63) is 30.2 Å². The lowest BCUT2D eigenvalue weighted by Crippen LogP contribution is -1.67. The molecule has 0 aliphatic carbocycles. The maximum atomic E-state index is 5.58. The van der Waals surface area contributed by atoms with E-state index in [1.165, 1.54) is 0 Å². The van der Waals surface area contributed by atoms with Crippen molar-refractivity contribution in [3.63, 3.8) is 0 Å². The molecular weight excluding hydrogens is 197 g/mol. The van der Waals surface area contributed by atoms with Gasteiger partial charge in [-0.05, 0) is 18.2 Å². The summed E-state index contributed by atoms with van der Waals surface area (Å²) >= 11 is 5.58. The van der Waals surface area contributed by atoms with Gasteiger partial charge in [-0.2, -0.15) is 0 Å². The first-order chi connectivity index (χ1) is 5.40. The van der Waals surface area contributed by atoms with Crippen molar-refractivity contribution in [1.29, 1.82) is 0 Å². The second kappa shape index (κ2) is 3.78. The molecule has 0 aliphatic rings. The summed E-state index contributed by atoms with van der Waals surface area (Å²) < 4.78 is 5.27. The molecule has 0 aromatic carbocycles. The van der Waals surface area contributed by atoms with Crippen LogP contribution in [0.5, 0.6) is 0 Å². The molecule has 2 heterocycles. The molecule has 0 fully saturated rings. The van der Waals surface area contributed by atoms with Gasteiger partial charge in [0.1, 0.15) is 5.76 Å². The molecule has 0 atom stereocenters. The number of nitrogens with zero attached hydrogens (tertiary/aromatic N) is 1. The Morgan fingerprint density at radius 3 is 3.00 bits per heavy atom. The molecule has 64 valence electrons. The van der Waals surface area contributed by atoms with Crippen LogP contribution in [0.1, 0.15) is 5.76 Å². The van der Waals surface area contributed by atoms with Gasteiger partial charge in [0.15, 0.2) is 0 Å². The molecule has 0 aliphatic heterocycles. The maximum Gasteiger partial charge on any atom is 0.226 e. The Labute approximate surface area is 80.9 Å². The summed E-state index contributed by atoms with van der Waals surface area (Å²) in [6.07, 6.45) is 1.70. The Balaban J connectivity index is 0.000000720. The van der Waals surface area contributed by atoms with Crippen LogP contribution in [-0.4, -0.2) is 4.98 Å². The molecule has 2 nitrogen and oxygen atoms in total. The summed E-state index contributed by atoms with van der Waals surface area (Å²) in [4.78, 5) is 4.02. The van der Waals surface area contributed by atoms with E-state index in [-0.39, 0.29) is 12.4 Å². The van der Waals surface area contributed by atoms with Gasteiger partial charge < -0.3 is 4.42 Å². The molecule has 0 amide bonds. The third kappa shape index (κ3) is 1.54. The highest BCUT2D eigenvalue weighted by Gasteiger charge is 2.00. The average molecular weight is 204 g/mol. The fraction of sp³-hybridized carbons (Fsp3) is 0.125. The lowest BCUT2D eigenvalue weighted by molar-refractivity contribution is 0.562. The van der Waals surface area contributed by atoms with Crippen molar-refractivity contribution >= 4 is 35.1 Å². The minimum atomic E-state index is 0. The van der Waals surface area contributed by atoms with E-state index in [0.29, 0.717) is 11.6 Å². The van der Waals surface area contributed by atoms with Gasteiger partial charge in [-0.3, -0.25) is 0 Å². The quantitative estimate of drug-likeness (QED) is 0.667. The van der Waals surface area contributed by atoms with Gasteiger partial charge >= 0.3 is 0 Å². The standard InChI is InChI=1S/C8H6ClNO.ClH/c9-5-7-4-6-2-1-3-10-8(6)11-7;/h1-4H,5H2;1H. The molecule has 0 bridgehead atoms. The van der Waals surface area contributed by atoms with Crippen molar-refractivity contribution in [2.45, 2.75) is 5.88 Å². The normalized spacial score (nSPS) is 9.75. The molecule has 0 unspecified atom stereocenters. The lowest BCUT2D eigenvalue weighted by atomic mass is 10.3. The predicted molar refractivity (Wildman–Crippen MR) is 50.8 cm³/mol. The second-order valence-electron chi connectivity index (χ2n) is 2.24. The van der Waals surface area contributed by atoms with Gasteiger partial charge in [0.25, 0.3) is 0 Å². The fourth-order valence-corrected chi connectivity index (χ4v) is 1.12. The number of aromatic nitrogens is 1. The van der Waals surface area contributed by atoms with E-state index in [9.17, 15) is 0 Å². The zero-order valence-corrected chi connectivity index (χ0v) is 7.73.